The summed E-state index contributed by atoms with van der Waals surface area (Å²) in [6, 6.07) is 5.62. The third-order valence-electron chi connectivity index (χ3n) is 4.36. The van der Waals surface area contributed by atoms with Gasteiger partial charge in [0.25, 0.3) is 0 Å². The monoisotopic (exact) mass is 329 g/mol. The van der Waals surface area contributed by atoms with Gasteiger partial charge in [0.15, 0.2) is 0 Å². The van der Waals surface area contributed by atoms with Gasteiger partial charge in [-0.1, -0.05) is 6.07 Å². The average molecular weight is 329 g/mol. The molecule has 0 radical (unpaired) electrons. The van der Waals surface area contributed by atoms with Crippen LogP contribution in [0.5, 0.6) is 0 Å². The molecule has 0 saturated carbocycles. The van der Waals surface area contributed by atoms with Gasteiger partial charge in [0.1, 0.15) is 0 Å². The molecule has 0 unspecified atom stereocenters. The van der Waals surface area contributed by atoms with Crippen molar-refractivity contribution in [1.82, 2.24) is 9.97 Å². The van der Waals surface area contributed by atoms with Crippen molar-refractivity contribution in [3.8, 4) is 0 Å². The number of thiol groups is 1. The molecule has 0 N–H and O–H groups in total. The molecule has 1 spiro atoms. The number of benzene rings is 1. The predicted octanol–water partition coefficient (Wildman–Crippen LogP) is 1.97. The van der Waals surface area contributed by atoms with E-state index in [1.54, 1.807) is 18.5 Å². The van der Waals surface area contributed by atoms with Crippen LogP contribution in [0.4, 0.5) is 11.6 Å². The summed E-state index contributed by atoms with van der Waals surface area (Å²) in [4.78, 5) is 23.3. The van der Waals surface area contributed by atoms with Crippen LogP contribution in [-0.4, -0.2) is 42.8 Å². The van der Waals surface area contributed by atoms with Crippen LogP contribution in [0.3, 0.4) is 0 Å². The lowest BCUT2D eigenvalue weighted by Crippen LogP contribution is -2.49. The summed E-state index contributed by atoms with van der Waals surface area (Å²) in [6.45, 7) is 2.07. The first-order valence-electron chi connectivity index (χ1n) is 7.22. The highest BCUT2D eigenvalue weighted by molar-refractivity contribution is 7.80. The molecule has 23 heavy (non-hydrogen) atoms. The maximum atomic E-state index is 11.8. The number of ether oxygens (including phenoxy) is 2. The van der Waals surface area contributed by atoms with Crippen LogP contribution < -0.4 is 4.90 Å². The van der Waals surface area contributed by atoms with E-state index < -0.39 is 0 Å². The van der Waals surface area contributed by atoms with Crippen LogP contribution in [-0.2, 0) is 14.9 Å². The average Bonchev–Trinajstić information content (AvgIpc) is 2.90. The summed E-state index contributed by atoms with van der Waals surface area (Å²) in [7, 11) is 1.38. The van der Waals surface area contributed by atoms with Crippen molar-refractivity contribution in [3.05, 3.63) is 41.7 Å². The summed E-state index contributed by atoms with van der Waals surface area (Å²) in [5, 5.41) is 0. The zero-order chi connectivity index (χ0) is 16.0. The number of hydrogen-bond acceptors (Lipinski definition) is 7. The van der Waals surface area contributed by atoms with Crippen LogP contribution in [0.25, 0.3) is 0 Å². The van der Waals surface area contributed by atoms with Crippen molar-refractivity contribution in [2.45, 2.75) is 10.3 Å². The number of anilines is 2. The van der Waals surface area contributed by atoms with Gasteiger partial charge in [0.2, 0.25) is 5.95 Å². The first kappa shape index (κ1) is 14.5. The molecule has 6 nitrogen and oxygen atoms in total. The van der Waals surface area contributed by atoms with E-state index in [1.165, 1.54) is 7.11 Å². The number of carbonyl (C=O) groups excluding carboxylic acids is 1. The molecule has 0 amide bonds. The van der Waals surface area contributed by atoms with Gasteiger partial charge in [0.05, 0.1) is 31.3 Å². The number of esters is 1. The molecule has 2 aliphatic rings. The minimum absolute atomic E-state index is 0.0486. The molecular formula is C16H15N3O3S. The zero-order valence-corrected chi connectivity index (χ0v) is 13.4. The number of rotatable bonds is 2. The molecule has 0 atom stereocenters. The van der Waals surface area contributed by atoms with E-state index in [2.05, 4.69) is 22.6 Å². The standard InChI is InChI=1S/C16H15N3O3S/c1-21-14(20)10-2-3-12-13(4-10)19(7-16(12)8-22-9-16)15-17-5-11(23)6-18-15/h2-6,23H,7-9H2,1H3. The quantitative estimate of drug-likeness (QED) is 0.671. The minimum atomic E-state index is -0.356. The van der Waals surface area contributed by atoms with Crippen LogP contribution >= 0.6 is 12.6 Å². The Morgan fingerprint density at radius 3 is 2.70 bits per heavy atom. The lowest BCUT2D eigenvalue weighted by Gasteiger charge is -2.38. The molecule has 0 aliphatic carbocycles. The highest BCUT2D eigenvalue weighted by Gasteiger charge is 2.49. The van der Waals surface area contributed by atoms with Crippen molar-refractivity contribution < 1.29 is 14.3 Å². The number of hydrogen-bond donors (Lipinski definition) is 1. The van der Waals surface area contributed by atoms with Gasteiger partial charge in [-0.3, -0.25) is 0 Å². The Bertz CT molecular complexity index is 775. The van der Waals surface area contributed by atoms with E-state index >= 15 is 0 Å². The normalized spacial score (nSPS) is 17.7. The fraction of sp³-hybridized carbons (Fsp3) is 0.312. The van der Waals surface area contributed by atoms with Crippen molar-refractivity contribution in [1.29, 1.82) is 0 Å². The summed E-state index contributed by atoms with van der Waals surface area (Å²) in [5.41, 5.74) is 2.56. The molecule has 1 fully saturated rings. The molecule has 2 aliphatic heterocycles. The number of carbonyl (C=O) groups is 1. The van der Waals surface area contributed by atoms with Gasteiger partial charge < -0.3 is 14.4 Å². The Morgan fingerprint density at radius 1 is 1.35 bits per heavy atom. The van der Waals surface area contributed by atoms with Gasteiger partial charge in [-0.25, -0.2) is 14.8 Å². The molecule has 118 valence electrons. The van der Waals surface area contributed by atoms with E-state index in [9.17, 15) is 4.79 Å². The van der Waals surface area contributed by atoms with Crippen LogP contribution in [0.1, 0.15) is 15.9 Å². The Morgan fingerprint density at radius 2 is 2.09 bits per heavy atom. The smallest absolute Gasteiger partial charge is 0.337 e. The molecule has 0 bridgehead atoms. The second-order valence-corrected chi connectivity index (χ2v) is 6.34. The van der Waals surface area contributed by atoms with E-state index in [0.717, 1.165) is 17.8 Å². The maximum absolute atomic E-state index is 11.8. The minimum Gasteiger partial charge on any atom is -0.465 e. The van der Waals surface area contributed by atoms with Crippen molar-refractivity contribution >= 4 is 30.2 Å². The predicted molar refractivity (Wildman–Crippen MR) is 86.6 cm³/mol. The Hall–Kier alpha value is -2.12. The molecule has 1 aromatic carbocycles. The van der Waals surface area contributed by atoms with Crippen LogP contribution in [0.15, 0.2) is 35.5 Å². The van der Waals surface area contributed by atoms with Crippen molar-refractivity contribution in [2.24, 2.45) is 0 Å². The molecular weight excluding hydrogens is 314 g/mol. The van der Waals surface area contributed by atoms with Gasteiger partial charge in [-0.05, 0) is 17.7 Å². The van der Waals surface area contributed by atoms with Crippen LogP contribution in [0, 0.1) is 0 Å². The molecule has 7 heteroatoms. The Balaban J connectivity index is 1.81. The van der Waals surface area contributed by atoms with Gasteiger partial charge >= 0.3 is 5.97 Å². The number of aromatic nitrogens is 2. The second-order valence-electron chi connectivity index (χ2n) is 5.82. The molecule has 4 rings (SSSR count). The van der Waals surface area contributed by atoms with Gasteiger partial charge in [-0.2, -0.15) is 0 Å². The molecule has 1 aromatic heterocycles. The first-order valence-corrected chi connectivity index (χ1v) is 7.67. The summed E-state index contributed by atoms with van der Waals surface area (Å²) in [6.07, 6.45) is 3.33. The first-order chi connectivity index (χ1) is 11.1. The summed E-state index contributed by atoms with van der Waals surface area (Å²) >= 11 is 4.22. The summed E-state index contributed by atoms with van der Waals surface area (Å²) in [5.74, 6) is 0.236. The Labute approximate surface area is 138 Å². The van der Waals surface area contributed by atoms with Crippen molar-refractivity contribution in [3.63, 3.8) is 0 Å². The lowest BCUT2D eigenvalue weighted by atomic mass is 9.80. The topological polar surface area (TPSA) is 64.5 Å². The molecule has 2 aromatic rings. The van der Waals surface area contributed by atoms with E-state index in [1.807, 2.05) is 17.0 Å². The van der Waals surface area contributed by atoms with Gasteiger partial charge in [0, 0.05) is 29.5 Å². The van der Waals surface area contributed by atoms with Gasteiger partial charge in [-0.15, -0.1) is 12.6 Å². The second kappa shape index (κ2) is 5.21. The summed E-state index contributed by atoms with van der Waals surface area (Å²) < 4.78 is 10.3. The third-order valence-corrected chi connectivity index (χ3v) is 4.60. The molecule has 3 heterocycles. The largest absolute Gasteiger partial charge is 0.465 e. The van der Waals surface area contributed by atoms with E-state index in [0.29, 0.717) is 29.6 Å². The highest BCUT2D eigenvalue weighted by Crippen LogP contribution is 2.47. The number of methoxy groups -OCH3 is 1. The SMILES string of the molecule is COC(=O)c1ccc2c(c1)N(c1ncc(S)cn1)CC21COC1. The fourth-order valence-corrected chi connectivity index (χ4v) is 3.26. The lowest BCUT2D eigenvalue weighted by molar-refractivity contribution is -0.0507. The van der Waals surface area contributed by atoms with Crippen LogP contribution in [0.2, 0.25) is 0 Å². The third kappa shape index (κ3) is 2.19. The highest BCUT2D eigenvalue weighted by atomic mass is 32.1. The number of fused-ring (bicyclic) bond motifs is 2. The molecule has 1 saturated heterocycles. The number of nitrogens with zero attached hydrogens (tertiary/aromatic N) is 3. The Kier molecular flexibility index (Phi) is 3.28. The zero-order valence-electron chi connectivity index (χ0n) is 12.5. The van der Waals surface area contributed by atoms with Crippen molar-refractivity contribution in [2.75, 3.05) is 31.8 Å². The fourth-order valence-electron chi connectivity index (χ4n) is 3.15. The van der Waals surface area contributed by atoms with E-state index in [-0.39, 0.29) is 11.4 Å². The maximum Gasteiger partial charge on any atom is 0.337 e. The van der Waals surface area contributed by atoms with E-state index in [4.69, 9.17) is 9.47 Å².